The van der Waals surface area contributed by atoms with Gasteiger partial charge in [-0.25, -0.2) is 4.68 Å². The van der Waals surface area contributed by atoms with Gasteiger partial charge >= 0.3 is 0 Å². The van der Waals surface area contributed by atoms with Crippen molar-refractivity contribution in [3.05, 3.63) is 30.1 Å². The lowest BCUT2D eigenvalue weighted by Gasteiger charge is -2.40. The molecule has 0 radical (unpaired) electrons. The molecule has 0 spiro atoms. The van der Waals surface area contributed by atoms with E-state index in [0.29, 0.717) is 12.1 Å². The van der Waals surface area contributed by atoms with Crippen molar-refractivity contribution in [2.24, 2.45) is 0 Å². The summed E-state index contributed by atoms with van der Waals surface area (Å²) in [6.45, 7) is 6.35. The molecule has 152 valence electrons. The lowest BCUT2D eigenvalue weighted by molar-refractivity contribution is 0.163. The van der Waals surface area contributed by atoms with Gasteiger partial charge in [0.25, 0.3) is 0 Å². The number of hydrogen-bond donors (Lipinski definition) is 0. The zero-order valence-corrected chi connectivity index (χ0v) is 17.1. The van der Waals surface area contributed by atoms with Crippen molar-refractivity contribution in [2.45, 2.75) is 57.5 Å². The molecule has 0 amide bonds. The topological polar surface area (TPSA) is 59.3 Å². The Morgan fingerprint density at radius 3 is 2.39 bits per heavy atom. The second-order valence-corrected chi connectivity index (χ2v) is 7.92. The summed E-state index contributed by atoms with van der Waals surface area (Å²) in [6.07, 6.45) is 7.39. The van der Waals surface area contributed by atoms with Gasteiger partial charge in [0.2, 0.25) is 0 Å². The molecule has 2 aromatic rings. The highest BCUT2D eigenvalue weighted by atomic mass is 16.5. The van der Waals surface area contributed by atoms with E-state index in [1.54, 1.807) is 7.11 Å². The first-order chi connectivity index (χ1) is 13.8. The largest absolute Gasteiger partial charge is 0.497 e. The van der Waals surface area contributed by atoms with Gasteiger partial charge in [-0.15, -0.1) is 5.10 Å². The van der Waals surface area contributed by atoms with E-state index in [2.05, 4.69) is 49.1 Å². The predicted molar refractivity (Wildman–Crippen MR) is 110 cm³/mol. The van der Waals surface area contributed by atoms with E-state index in [-0.39, 0.29) is 0 Å². The molecular weight excluding hydrogens is 352 g/mol. The van der Waals surface area contributed by atoms with Crippen LogP contribution in [0.5, 0.6) is 5.75 Å². The van der Waals surface area contributed by atoms with Crippen molar-refractivity contribution < 1.29 is 4.74 Å². The Balaban J connectivity index is 1.42. The molecule has 2 heterocycles. The third-order valence-corrected chi connectivity index (χ3v) is 6.32. The zero-order chi connectivity index (χ0) is 19.3. The molecule has 7 nitrogen and oxygen atoms in total. The Hall–Kier alpha value is -2.15. The van der Waals surface area contributed by atoms with Gasteiger partial charge < -0.3 is 9.64 Å². The van der Waals surface area contributed by atoms with Crippen molar-refractivity contribution >= 4 is 5.69 Å². The smallest absolute Gasteiger partial charge is 0.168 e. The normalized spacial score (nSPS) is 20.3. The van der Waals surface area contributed by atoms with E-state index < -0.39 is 0 Å². The monoisotopic (exact) mass is 384 g/mol. The van der Waals surface area contributed by atoms with Crippen LogP contribution in [-0.2, 0) is 0 Å². The fraction of sp³-hybridized carbons (Fsp3) is 0.667. The summed E-state index contributed by atoms with van der Waals surface area (Å²) >= 11 is 0. The molecule has 1 aliphatic heterocycles. The number of nitrogens with zero attached hydrogens (tertiary/aromatic N) is 6. The number of benzene rings is 1. The van der Waals surface area contributed by atoms with E-state index in [1.807, 2.05) is 12.1 Å². The van der Waals surface area contributed by atoms with Crippen LogP contribution in [0.15, 0.2) is 24.3 Å². The van der Waals surface area contributed by atoms with Gasteiger partial charge in [-0.3, -0.25) is 4.90 Å². The molecule has 1 saturated heterocycles. The summed E-state index contributed by atoms with van der Waals surface area (Å²) in [5.74, 6) is 1.97. The highest BCUT2D eigenvalue weighted by Crippen LogP contribution is 2.32. The molecule has 2 aliphatic rings. The zero-order valence-electron chi connectivity index (χ0n) is 17.1. The highest BCUT2D eigenvalue weighted by molar-refractivity contribution is 5.49. The van der Waals surface area contributed by atoms with Crippen LogP contribution >= 0.6 is 0 Å². The Kier molecular flexibility index (Phi) is 6.10. The van der Waals surface area contributed by atoms with Crippen molar-refractivity contribution in [3.63, 3.8) is 0 Å². The van der Waals surface area contributed by atoms with Crippen molar-refractivity contribution in [1.82, 2.24) is 25.1 Å². The summed E-state index contributed by atoms with van der Waals surface area (Å²) in [7, 11) is 1.71. The Bertz CT molecular complexity index is 732. The van der Waals surface area contributed by atoms with Crippen LogP contribution in [0.2, 0.25) is 0 Å². The number of aromatic nitrogens is 4. The minimum absolute atomic E-state index is 0.301. The molecule has 0 bridgehead atoms. The van der Waals surface area contributed by atoms with Crippen molar-refractivity contribution in [1.29, 1.82) is 0 Å². The van der Waals surface area contributed by atoms with Gasteiger partial charge in [0, 0.05) is 31.9 Å². The molecule has 1 aliphatic carbocycles. The molecule has 0 N–H and O–H groups in total. The number of piperazine rings is 1. The SMILES string of the molecule is CC[C@H](c1nnnn1C1CCCCC1)N1CCN(c2ccc(OC)cc2)CC1. The predicted octanol–water partition coefficient (Wildman–Crippen LogP) is 3.46. The number of tetrazole rings is 1. The fourth-order valence-electron chi connectivity index (χ4n) is 4.69. The third kappa shape index (κ3) is 3.99. The van der Waals surface area contributed by atoms with Crippen LogP contribution in [0.1, 0.15) is 63.4 Å². The first-order valence-corrected chi connectivity index (χ1v) is 10.7. The van der Waals surface area contributed by atoms with E-state index in [1.165, 1.54) is 37.8 Å². The third-order valence-electron chi connectivity index (χ3n) is 6.32. The van der Waals surface area contributed by atoms with Crippen LogP contribution in [0, 0.1) is 0 Å². The quantitative estimate of drug-likeness (QED) is 0.760. The molecule has 2 fully saturated rings. The van der Waals surface area contributed by atoms with Gasteiger partial charge in [0.15, 0.2) is 5.82 Å². The van der Waals surface area contributed by atoms with Gasteiger partial charge in [0.1, 0.15) is 5.75 Å². The summed E-state index contributed by atoms with van der Waals surface area (Å²) in [6, 6.07) is 9.15. The minimum atomic E-state index is 0.301. The second kappa shape index (κ2) is 8.90. The van der Waals surface area contributed by atoms with Gasteiger partial charge in [-0.2, -0.15) is 0 Å². The summed E-state index contributed by atoms with van der Waals surface area (Å²) in [4.78, 5) is 5.01. The number of hydrogen-bond acceptors (Lipinski definition) is 6. The molecule has 1 aromatic carbocycles. The van der Waals surface area contributed by atoms with E-state index in [9.17, 15) is 0 Å². The molecule has 28 heavy (non-hydrogen) atoms. The van der Waals surface area contributed by atoms with Crippen molar-refractivity contribution in [2.75, 3.05) is 38.2 Å². The van der Waals surface area contributed by atoms with Crippen LogP contribution in [-0.4, -0.2) is 58.4 Å². The molecule has 0 unspecified atom stereocenters. The number of anilines is 1. The van der Waals surface area contributed by atoms with Gasteiger partial charge in [0.05, 0.1) is 19.2 Å². The van der Waals surface area contributed by atoms with Crippen LogP contribution in [0.25, 0.3) is 0 Å². The van der Waals surface area contributed by atoms with E-state index >= 15 is 0 Å². The summed E-state index contributed by atoms with van der Waals surface area (Å²) in [5.41, 5.74) is 1.26. The maximum Gasteiger partial charge on any atom is 0.168 e. The lowest BCUT2D eigenvalue weighted by Crippen LogP contribution is -2.48. The molecule has 1 aromatic heterocycles. The van der Waals surface area contributed by atoms with Crippen LogP contribution in [0.4, 0.5) is 5.69 Å². The first-order valence-electron chi connectivity index (χ1n) is 10.7. The Labute approximate surface area is 167 Å². The Morgan fingerprint density at radius 2 is 1.75 bits per heavy atom. The lowest BCUT2D eigenvalue weighted by atomic mass is 9.95. The number of rotatable bonds is 6. The van der Waals surface area contributed by atoms with Crippen molar-refractivity contribution in [3.8, 4) is 5.75 Å². The average molecular weight is 385 g/mol. The van der Waals surface area contributed by atoms with Crippen LogP contribution < -0.4 is 9.64 Å². The van der Waals surface area contributed by atoms with Gasteiger partial charge in [-0.1, -0.05) is 26.2 Å². The molecular formula is C21H32N6O. The molecule has 4 rings (SSSR count). The minimum Gasteiger partial charge on any atom is -0.497 e. The molecule has 7 heteroatoms. The van der Waals surface area contributed by atoms with Gasteiger partial charge in [-0.05, 0) is 54.0 Å². The summed E-state index contributed by atoms with van der Waals surface area (Å²) in [5, 5.41) is 12.9. The maximum absolute atomic E-state index is 5.27. The Morgan fingerprint density at radius 1 is 1.04 bits per heavy atom. The van der Waals surface area contributed by atoms with E-state index in [4.69, 9.17) is 4.74 Å². The summed E-state index contributed by atoms with van der Waals surface area (Å²) < 4.78 is 7.42. The van der Waals surface area contributed by atoms with Crippen LogP contribution in [0.3, 0.4) is 0 Å². The highest BCUT2D eigenvalue weighted by Gasteiger charge is 2.30. The molecule has 1 atom stereocenters. The van der Waals surface area contributed by atoms with E-state index in [0.717, 1.165) is 44.2 Å². The second-order valence-electron chi connectivity index (χ2n) is 7.92. The maximum atomic E-state index is 5.27. The average Bonchev–Trinajstić information content (AvgIpc) is 3.25. The number of methoxy groups -OCH3 is 1. The number of ether oxygens (including phenoxy) is 1. The molecule has 1 saturated carbocycles. The first kappa shape index (κ1) is 19.2. The standard InChI is InChI=1S/C21H32N6O/c1-3-20(21-22-23-24-27(21)18-7-5-4-6-8-18)26-15-13-25(14-16-26)17-9-11-19(28-2)12-10-17/h9-12,18,20H,3-8,13-16H2,1-2H3/t20-/m1/s1. The fourth-order valence-corrected chi connectivity index (χ4v) is 4.69.